The number of benzene rings is 2. The fraction of sp³-hybridized carbons (Fsp3) is 0.269. The first-order chi connectivity index (χ1) is 15.6. The summed E-state index contributed by atoms with van der Waals surface area (Å²) in [5, 5.41) is 2.91. The average Bonchev–Trinajstić information content (AvgIpc) is 2.85. The Balaban J connectivity index is 1.44. The number of methoxy groups -OCH3 is 1. The Kier molecular flexibility index (Phi) is 6.50. The van der Waals surface area contributed by atoms with Crippen LogP contribution in [-0.4, -0.2) is 41.9 Å². The number of nitrogens with one attached hydrogen (secondary N) is 1. The lowest BCUT2D eigenvalue weighted by Gasteiger charge is -2.33. The SMILES string of the molecule is COc1ccccc1C1CCN(C(=O)c2ccc(C)c(NC(=O)c3ccncc3)c2)CC1. The maximum absolute atomic E-state index is 13.2. The lowest BCUT2D eigenvalue weighted by molar-refractivity contribution is 0.0712. The van der Waals surface area contributed by atoms with Gasteiger partial charge in [-0.25, -0.2) is 0 Å². The lowest BCUT2D eigenvalue weighted by atomic mass is 9.88. The van der Waals surface area contributed by atoms with Crippen molar-refractivity contribution in [2.45, 2.75) is 25.7 Å². The van der Waals surface area contributed by atoms with Crippen LogP contribution in [0.3, 0.4) is 0 Å². The second-order valence-corrected chi connectivity index (χ2v) is 8.03. The summed E-state index contributed by atoms with van der Waals surface area (Å²) in [4.78, 5) is 31.5. The Morgan fingerprint density at radius 1 is 1.00 bits per heavy atom. The Morgan fingerprint density at radius 2 is 1.72 bits per heavy atom. The van der Waals surface area contributed by atoms with E-state index in [1.54, 1.807) is 37.7 Å². The number of aryl methyl sites for hydroxylation is 1. The number of hydrogen-bond acceptors (Lipinski definition) is 4. The van der Waals surface area contributed by atoms with E-state index in [-0.39, 0.29) is 11.8 Å². The third kappa shape index (κ3) is 4.64. The minimum Gasteiger partial charge on any atom is -0.496 e. The Morgan fingerprint density at radius 3 is 2.44 bits per heavy atom. The Labute approximate surface area is 188 Å². The zero-order valence-corrected chi connectivity index (χ0v) is 18.4. The predicted molar refractivity (Wildman–Crippen MR) is 124 cm³/mol. The molecule has 0 bridgehead atoms. The van der Waals surface area contributed by atoms with Gasteiger partial charge < -0.3 is 15.0 Å². The number of hydrogen-bond donors (Lipinski definition) is 1. The third-order valence-corrected chi connectivity index (χ3v) is 6.04. The zero-order valence-electron chi connectivity index (χ0n) is 18.4. The van der Waals surface area contributed by atoms with E-state index in [9.17, 15) is 9.59 Å². The number of ether oxygens (including phenoxy) is 1. The predicted octanol–water partition coefficient (Wildman–Crippen LogP) is 4.67. The molecule has 0 saturated carbocycles. The molecule has 2 amide bonds. The third-order valence-electron chi connectivity index (χ3n) is 6.04. The number of nitrogens with zero attached hydrogens (tertiary/aromatic N) is 2. The van der Waals surface area contributed by atoms with Crippen molar-refractivity contribution in [1.29, 1.82) is 0 Å². The highest BCUT2D eigenvalue weighted by molar-refractivity contribution is 6.05. The van der Waals surface area contributed by atoms with Crippen LogP contribution in [0.4, 0.5) is 5.69 Å². The maximum Gasteiger partial charge on any atom is 0.255 e. The van der Waals surface area contributed by atoms with Crippen molar-refractivity contribution in [3.63, 3.8) is 0 Å². The van der Waals surface area contributed by atoms with Gasteiger partial charge in [0.15, 0.2) is 0 Å². The highest BCUT2D eigenvalue weighted by Crippen LogP contribution is 2.34. The number of pyridine rings is 1. The molecule has 3 aromatic rings. The average molecular weight is 430 g/mol. The number of amides is 2. The zero-order chi connectivity index (χ0) is 22.5. The van der Waals surface area contributed by atoms with Gasteiger partial charge in [0.05, 0.1) is 7.11 Å². The second-order valence-electron chi connectivity index (χ2n) is 8.03. The van der Waals surface area contributed by atoms with Crippen LogP contribution >= 0.6 is 0 Å². The van der Waals surface area contributed by atoms with Crippen LogP contribution in [0.1, 0.15) is 50.6 Å². The Hall–Kier alpha value is -3.67. The molecule has 2 aromatic carbocycles. The number of anilines is 1. The lowest BCUT2D eigenvalue weighted by Crippen LogP contribution is -2.38. The summed E-state index contributed by atoms with van der Waals surface area (Å²) in [6.45, 7) is 3.29. The molecule has 1 aromatic heterocycles. The van der Waals surface area contributed by atoms with E-state index in [0.717, 1.165) is 24.2 Å². The van der Waals surface area contributed by atoms with Crippen molar-refractivity contribution in [3.05, 3.63) is 89.2 Å². The van der Waals surface area contributed by atoms with Crippen LogP contribution in [0.5, 0.6) is 5.75 Å². The van der Waals surface area contributed by atoms with Gasteiger partial charge in [0.25, 0.3) is 11.8 Å². The molecule has 32 heavy (non-hydrogen) atoms. The Bertz CT molecular complexity index is 1110. The summed E-state index contributed by atoms with van der Waals surface area (Å²) in [5.74, 6) is 1.05. The molecule has 2 heterocycles. The number of aromatic nitrogens is 1. The molecule has 164 valence electrons. The normalized spacial score (nSPS) is 14.1. The van der Waals surface area contributed by atoms with Gasteiger partial charge in [0.2, 0.25) is 0 Å². The molecular weight excluding hydrogens is 402 g/mol. The number of piperidine rings is 1. The van der Waals surface area contributed by atoms with Gasteiger partial charge in [0.1, 0.15) is 5.75 Å². The molecular formula is C26H27N3O3. The summed E-state index contributed by atoms with van der Waals surface area (Å²) in [5.41, 5.74) is 3.85. The fourth-order valence-corrected chi connectivity index (χ4v) is 4.17. The van der Waals surface area contributed by atoms with Crippen LogP contribution in [0.15, 0.2) is 67.0 Å². The molecule has 0 unspecified atom stereocenters. The maximum atomic E-state index is 13.2. The van der Waals surface area contributed by atoms with Crippen molar-refractivity contribution in [1.82, 2.24) is 9.88 Å². The number of carbonyl (C=O) groups is 2. The van der Waals surface area contributed by atoms with Gasteiger partial charge in [-0.3, -0.25) is 14.6 Å². The van der Waals surface area contributed by atoms with Gasteiger partial charge in [-0.2, -0.15) is 0 Å². The van der Waals surface area contributed by atoms with E-state index in [1.165, 1.54) is 5.56 Å². The van der Waals surface area contributed by atoms with Crippen LogP contribution in [-0.2, 0) is 0 Å². The van der Waals surface area contributed by atoms with E-state index in [0.29, 0.717) is 35.8 Å². The molecule has 6 heteroatoms. The first kappa shape index (κ1) is 21.6. The molecule has 1 aliphatic rings. The van der Waals surface area contributed by atoms with Gasteiger partial charge in [-0.05, 0) is 67.1 Å². The monoisotopic (exact) mass is 429 g/mol. The molecule has 1 saturated heterocycles. The summed E-state index contributed by atoms with van der Waals surface area (Å²) >= 11 is 0. The molecule has 1 N–H and O–H groups in total. The highest BCUT2D eigenvalue weighted by atomic mass is 16.5. The van der Waals surface area contributed by atoms with Crippen LogP contribution in [0.25, 0.3) is 0 Å². The van der Waals surface area contributed by atoms with Crippen molar-refractivity contribution in [2.24, 2.45) is 0 Å². The number of carbonyl (C=O) groups excluding carboxylic acids is 2. The van der Waals surface area contributed by atoms with E-state index in [2.05, 4.69) is 16.4 Å². The van der Waals surface area contributed by atoms with Crippen molar-refractivity contribution >= 4 is 17.5 Å². The van der Waals surface area contributed by atoms with Crippen LogP contribution in [0.2, 0.25) is 0 Å². The standard InChI is InChI=1S/C26H27N3O3/c1-18-7-8-21(17-23(18)28-25(30)20-9-13-27-14-10-20)26(31)29-15-11-19(12-16-29)22-5-3-4-6-24(22)32-2/h3-10,13-14,17,19H,11-12,15-16H2,1-2H3,(H,28,30). The van der Waals surface area contributed by atoms with Crippen LogP contribution in [0, 0.1) is 6.92 Å². The van der Waals surface area contributed by atoms with Crippen LogP contribution < -0.4 is 10.1 Å². The molecule has 0 radical (unpaired) electrons. The quantitative estimate of drug-likeness (QED) is 0.640. The summed E-state index contributed by atoms with van der Waals surface area (Å²) in [6, 6.07) is 16.9. The largest absolute Gasteiger partial charge is 0.496 e. The van der Waals surface area contributed by atoms with E-state index in [1.807, 2.05) is 42.2 Å². The first-order valence-electron chi connectivity index (χ1n) is 10.8. The molecule has 1 fully saturated rings. The first-order valence-corrected chi connectivity index (χ1v) is 10.8. The minimum atomic E-state index is -0.224. The van der Waals surface area contributed by atoms with Gasteiger partial charge in [-0.15, -0.1) is 0 Å². The fourth-order valence-electron chi connectivity index (χ4n) is 4.17. The summed E-state index contributed by atoms with van der Waals surface area (Å²) < 4.78 is 5.51. The van der Waals surface area contributed by atoms with E-state index < -0.39 is 0 Å². The number of para-hydroxylation sites is 1. The smallest absolute Gasteiger partial charge is 0.255 e. The number of likely N-dealkylation sites (tertiary alicyclic amines) is 1. The molecule has 6 nitrogen and oxygen atoms in total. The topological polar surface area (TPSA) is 71.5 Å². The van der Waals surface area contributed by atoms with Crippen molar-refractivity contribution in [3.8, 4) is 5.75 Å². The highest BCUT2D eigenvalue weighted by Gasteiger charge is 2.26. The van der Waals surface area contributed by atoms with Gasteiger partial charge in [0, 0.05) is 42.3 Å². The van der Waals surface area contributed by atoms with E-state index >= 15 is 0 Å². The molecule has 0 atom stereocenters. The summed E-state index contributed by atoms with van der Waals surface area (Å²) in [6.07, 6.45) is 4.94. The minimum absolute atomic E-state index is 0.0112. The van der Waals surface area contributed by atoms with Crippen molar-refractivity contribution < 1.29 is 14.3 Å². The van der Waals surface area contributed by atoms with Gasteiger partial charge >= 0.3 is 0 Å². The molecule has 0 aliphatic carbocycles. The second kappa shape index (κ2) is 9.64. The molecule has 0 spiro atoms. The summed E-state index contributed by atoms with van der Waals surface area (Å²) in [7, 11) is 1.69. The van der Waals surface area contributed by atoms with E-state index in [4.69, 9.17) is 4.74 Å². The van der Waals surface area contributed by atoms with Gasteiger partial charge in [-0.1, -0.05) is 24.3 Å². The van der Waals surface area contributed by atoms with Crippen molar-refractivity contribution in [2.75, 3.05) is 25.5 Å². The molecule has 1 aliphatic heterocycles. The number of rotatable bonds is 5. The molecule has 4 rings (SSSR count).